The molecule has 0 aromatic heterocycles. The minimum absolute atomic E-state index is 0.0313. The van der Waals surface area contributed by atoms with Gasteiger partial charge in [-0.05, 0) is 39.2 Å². The first-order chi connectivity index (χ1) is 8.65. The molecule has 0 aromatic carbocycles. The fourth-order valence-corrected chi connectivity index (χ4v) is 2.05. The molecule has 1 saturated carbocycles. The van der Waals surface area contributed by atoms with Crippen molar-refractivity contribution in [2.24, 2.45) is 5.73 Å². The highest BCUT2D eigenvalue weighted by molar-refractivity contribution is 5.79. The summed E-state index contributed by atoms with van der Waals surface area (Å²) < 4.78 is 41.7. The number of nitrogens with zero attached hydrogens (tertiary/aromatic N) is 1. The zero-order valence-corrected chi connectivity index (χ0v) is 11.3. The van der Waals surface area contributed by atoms with E-state index in [1.54, 1.807) is 0 Å². The fourth-order valence-electron chi connectivity index (χ4n) is 2.05. The summed E-state index contributed by atoms with van der Waals surface area (Å²) in [6, 6.07) is 0.0313. The van der Waals surface area contributed by atoms with Crippen molar-refractivity contribution in [2.75, 3.05) is 20.2 Å². The number of ether oxygens (including phenoxy) is 1. The third kappa shape index (κ3) is 5.78. The van der Waals surface area contributed by atoms with Crippen molar-refractivity contribution in [3.8, 4) is 0 Å². The van der Waals surface area contributed by atoms with Gasteiger partial charge in [0.05, 0.1) is 13.7 Å². The van der Waals surface area contributed by atoms with Crippen LogP contribution in [0.2, 0.25) is 0 Å². The largest absolute Gasteiger partial charge is 0.468 e. The first-order valence-corrected chi connectivity index (χ1v) is 6.34. The van der Waals surface area contributed by atoms with Gasteiger partial charge in [-0.3, -0.25) is 9.69 Å². The maximum atomic E-state index is 12.4. The molecule has 0 amide bonds. The Bertz CT molecular complexity index is 315. The Morgan fingerprint density at radius 2 is 2.00 bits per heavy atom. The van der Waals surface area contributed by atoms with Gasteiger partial charge < -0.3 is 10.5 Å². The third-order valence-electron chi connectivity index (χ3n) is 3.24. The van der Waals surface area contributed by atoms with Gasteiger partial charge in [0.2, 0.25) is 0 Å². The van der Waals surface area contributed by atoms with E-state index in [4.69, 9.17) is 5.73 Å². The summed E-state index contributed by atoms with van der Waals surface area (Å²) in [5.41, 5.74) is 4.62. The van der Waals surface area contributed by atoms with Crippen molar-refractivity contribution < 1.29 is 22.7 Å². The van der Waals surface area contributed by atoms with Gasteiger partial charge in [-0.15, -0.1) is 0 Å². The summed E-state index contributed by atoms with van der Waals surface area (Å²) in [6.45, 7) is 0.940. The van der Waals surface area contributed by atoms with Crippen molar-refractivity contribution in [2.45, 2.75) is 50.4 Å². The first kappa shape index (κ1) is 16.2. The quantitative estimate of drug-likeness (QED) is 0.722. The molecule has 0 radical (unpaired) electrons. The average Bonchev–Trinajstić information content (AvgIpc) is 3.08. The van der Waals surface area contributed by atoms with Crippen molar-refractivity contribution >= 4 is 5.97 Å². The summed E-state index contributed by atoms with van der Waals surface area (Å²) in [5.74, 6) is -0.540. The highest BCUT2D eigenvalue weighted by Crippen LogP contribution is 2.30. The Morgan fingerprint density at radius 3 is 2.42 bits per heavy atom. The Hall–Kier alpha value is -0.820. The van der Waals surface area contributed by atoms with Gasteiger partial charge in [-0.25, -0.2) is 0 Å². The van der Waals surface area contributed by atoms with E-state index in [9.17, 15) is 18.0 Å². The summed E-state index contributed by atoms with van der Waals surface area (Å²) in [6.07, 6.45) is -1.81. The number of methoxy groups -OCH3 is 1. The van der Waals surface area contributed by atoms with Crippen LogP contribution in [0.25, 0.3) is 0 Å². The van der Waals surface area contributed by atoms with E-state index >= 15 is 0 Å². The molecule has 1 fully saturated rings. The monoisotopic (exact) mass is 282 g/mol. The number of carbonyl (C=O) groups excluding carboxylic acids is 1. The highest BCUT2D eigenvalue weighted by Gasteiger charge is 2.38. The highest BCUT2D eigenvalue weighted by atomic mass is 19.4. The van der Waals surface area contributed by atoms with Crippen LogP contribution < -0.4 is 5.73 Å². The Balaban J connectivity index is 2.38. The summed E-state index contributed by atoms with van der Waals surface area (Å²) >= 11 is 0. The van der Waals surface area contributed by atoms with Crippen LogP contribution in [0.5, 0.6) is 0 Å². The Morgan fingerprint density at radius 1 is 1.42 bits per heavy atom. The number of carbonyl (C=O) groups is 1. The molecule has 0 spiro atoms. The van der Waals surface area contributed by atoms with Gasteiger partial charge in [0.1, 0.15) is 5.54 Å². The molecule has 1 rings (SSSR count). The molecular formula is C12H21F3N2O2. The lowest BCUT2D eigenvalue weighted by atomic mass is 9.97. The topological polar surface area (TPSA) is 55.6 Å². The number of alkyl halides is 3. The van der Waals surface area contributed by atoms with Crippen molar-refractivity contribution in [1.29, 1.82) is 0 Å². The SMILES string of the molecule is COC(=O)C(C)(N)CCCN(CC(F)(F)F)C1CC1. The summed E-state index contributed by atoms with van der Waals surface area (Å²) in [4.78, 5) is 12.8. The molecule has 4 nitrogen and oxygen atoms in total. The van der Waals surface area contributed by atoms with E-state index in [0.717, 1.165) is 12.8 Å². The summed E-state index contributed by atoms with van der Waals surface area (Å²) in [7, 11) is 1.24. The number of esters is 1. The molecule has 1 unspecified atom stereocenters. The van der Waals surface area contributed by atoms with Gasteiger partial charge >= 0.3 is 12.1 Å². The van der Waals surface area contributed by atoms with Gasteiger partial charge in [0.25, 0.3) is 0 Å². The van der Waals surface area contributed by atoms with Crippen LogP contribution in [0, 0.1) is 0 Å². The van der Waals surface area contributed by atoms with Gasteiger partial charge in [0, 0.05) is 6.04 Å². The smallest absolute Gasteiger partial charge is 0.401 e. The number of nitrogens with two attached hydrogens (primary N) is 1. The lowest BCUT2D eigenvalue weighted by Crippen LogP contribution is -2.46. The van der Waals surface area contributed by atoms with Crippen LogP contribution in [0.15, 0.2) is 0 Å². The number of hydrogen-bond acceptors (Lipinski definition) is 4. The third-order valence-corrected chi connectivity index (χ3v) is 3.24. The molecular weight excluding hydrogens is 261 g/mol. The number of rotatable bonds is 7. The second kappa shape index (κ2) is 6.09. The molecule has 112 valence electrons. The van der Waals surface area contributed by atoms with E-state index in [2.05, 4.69) is 4.74 Å². The van der Waals surface area contributed by atoms with Crippen LogP contribution in [-0.4, -0.2) is 48.8 Å². The van der Waals surface area contributed by atoms with E-state index < -0.39 is 24.2 Å². The molecule has 0 saturated heterocycles. The van der Waals surface area contributed by atoms with Gasteiger partial charge in [-0.2, -0.15) is 13.2 Å². The predicted octanol–water partition coefficient (Wildman–Crippen LogP) is 1.68. The Kier molecular flexibility index (Phi) is 5.20. The second-order valence-electron chi connectivity index (χ2n) is 5.33. The molecule has 19 heavy (non-hydrogen) atoms. The number of halogens is 3. The van der Waals surface area contributed by atoms with E-state index in [-0.39, 0.29) is 6.04 Å². The maximum Gasteiger partial charge on any atom is 0.401 e. The minimum atomic E-state index is -4.18. The average molecular weight is 282 g/mol. The van der Waals surface area contributed by atoms with Crippen LogP contribution in [-0.2, 0) is 9.53 Å². The molecule has 0 bridgehead atoms. The van der Waals surface area contributed by atoms with Gasteiger partial charge in [-0.1, -0.05) is 0 Å². The van der Waals surface area contributed by atoms with Crippen LogP contribution in [0.3, 0.4) is 0 Å². The lowest BCUT2D eigenvalue weighted by molar-refractivity contribution is -0.149. The number of hydrogen-bond donors (Lipinski definition) is 1. The van der Waals surface area contributed by atoms with Crippen LogP contribution in [0.1, 0.15) is 32.6 Å². The van der Waals surface area contributed by atoms with E-state index in [1.807, 2.05) is 0 Å². The van der Waals surface area contributed by atoms with Crippen LogP contribution >= 0.6 is 0 Å². The Labute approximate surface area is 111 Å². The van der Waals surface area contributed by atoms with E-state index in [0.29, 0.717) is 19.4 Å². The molecule has 0 aromatic rings. The predicted molar refractivity (Wildman–Crippen MR) is 64.5 cm³/mol. The van der Waals surface area contributed by atoms with E-state index in [1.165, 1.54) is 18.9 Å². The molecule has 1 aliphatic rings. The molecule has 0 heterocycles. The zero-order valence-electron chi connectivity index (χ0n) is 11.3. The van der Waals surface area contributed by atoms with Crippen molar-refractivity contribution in [3.63, 3.8) is 0 Å². The second-order valence-corrected chi connectivity index (χ2v) is 5.33. The zero-order chi connectivity index (χ0) is 14.7. The molecule has 1 aliphatic carbocycles. The van der Waals surface area contributed by atoms with Gasteiger partial charge in [0.15, 0.2) is 0 Å². The van der Waals surface area contributed by atoms with Crippen molar-refractivity contribution in [1.82, 2.24) is 4.90 Å². The summed E-state index contributed by atoms with van der Waals surface area (Å²) in [5, 5.41) is 0. The minimum Gasteiger partial charge on any atom is -0.468 e. The normalized spacial score (nSPS) is 19.3. The molecule has 7 heteroatoms. The van der Waals surface area contributed by atoms with Crippen LogP contribution in [0.4, 0.5) is 13.2 Å². The molecule has 1 atom stereocenters. The standard InChI is InChI=1S/C12H21F3N2O2/c1-11(16,10(18)19-2)6-3-7-17(9-4-5-9)8-12(13,14)15/h9H,3-8,16H2,1-2H3. The van der Waals surface area contributed by atoms with Crippen molar-refractivity contribution in [3.05, 3.63) is 0 Å². The fraction of sp³-hybridized carbons (Fsp3) is 0.917. The first-order valence-electron chi connectivity index (χ1n) is 6.34. The molecule has 0 aliphatic heterocycles. The molecule has 2 N–H and O–H groups in total. The maximum absolute atomic E-state index is 12.4. The lowest BCUT2D eigenvalue weighted by Gasteiger charge is -2.26.